The summed E-state index contributed by atoms with van der Waals surface area (Å²) in [5.41, 5.74) is 0.432. The minimum absolute atomic E-state index is 0.185. The third kappa shape index (κ3) is 3.18. The van der Waals surface area contributed by atoms with Crippen molar-refractivity contribution in [3.05, 3.63) is 47.7 Å². The Morgan fingerprint density at radius 3 is 2.40 bits per heavy atom. The van der Waals surface area contributed by atoms with Crippen LogP contribution in [-0.4, -0.2) is 22.2 Å². The van der Waals surface area contributed by atoms with Gasteiger partial charge < -0.3 is 10.0 Å². The van der Waals surface area contributed by atoms with Crippen molar-refractivity contribution in [2.45, 2.75) is 13.1 Å². The molecule has 0 amide bonds. The minimum atomic E-state index is -4.43. The zero-order chi connectivity index (χ0) is 14.9. The van der Waals surface area contributed by atoms with Crippen LogP contribution in [0, 0.1) is 6.92 Å². The lowest BCUT2D eigenvalue weighted by molar-refractivity contribution is -0.137. The van der Waals surface area contributed by atoms with Gasteiger partial charge in [0.05, 0.1) is 11.3 Å². The maximum absolute atomic E-state index is 12.7. The van der Waals surface area contributed by atoms with Crippen molar-refractivity contribution in [1.82, 2.24) is 4.98 Å². The van der Waals surface area contributed by atoms with E-state index in [1.807, 2.05) is 0 Å². The van der Waals surface area contributed by atoms with Crippen LogP contribution in [0.2, 0.25) is 0 Å². The van der Waals surface area contributed by atoms with E-state index < -0.39 is 18.9 Å². The number of pyridine rings is 1. The van der Waals surface area contributed by atoms with Gasteiger partial charge in [0.1, 0.15) is 0 Å². The van der Waals surface area contributed by atoms with Crippen LogP contribution in [0.15, 0.2) is 36.4 Å². The van der Waals surface area contributed by atoms with Crippen LogP contribution in [0.4, 0.5) is 13.2 Å². The van der Waals surface area contributed by atoms with Crippen LogP contribution >= 0.6 is 0 Å². The van der Waals surface area contributed by atoms with Gasteiger partial charge in [0, 0.05) is 11.3 Å². The van der Waals surface area contributed by atoms with Gasteiger partial charge >= 0.3 is 13.3 Å². The molecular weight excluding hydrogens is 270 g/mol. The molecule has 2 rings (SSSR count). The summed E-state index contributed by atoms with van der Waals surface area (Å²) in [5, 5.41) is 18.3. The molecule has 0 bridgehead atoms. The molecule has 1 aromatic heterocycles. The lowest BCUT2D eigenvalue weighted by Crippen LogP contribution is -2.30. The molecule has 0 aliphatic carbocycles. The molecule has 7 heteroatoms. The molecule has 0 unspecified atom stereocenters. The van der Waals surface area contributed by atoms with Gasteiger partial charge in [-0.05, 0) is 36.7 Å². The summed E-state index contributed by atoms with van der Waals surface area (Å²) in [6, 6.07) is 7.55. The number of nitrogens with zero attached hydrogens (tertiary/aromatic N) is 1. The first-order valence-corrected chi connectivity index (χ1v) is 5.80. The molecule has 1 heterocycles. The van der Waals surface area contributed by atoms with E-state index in [0.29, 0.717) is 5.69 Å². The van der Waals surface area contributed by atoms with Crippen molar-refractivity contribution in [2.75, 3.05) is 0 Å². The Labute approximate surface area is 113 Å². The largest absolute Gasteiger partial charge is 0.488 e. The summed E-state index contributed by atoms with van der Waals surface area (Å²) in [6.07, 6.45) is -4.43. The van der Waals surface area contributed by atoms with Crippen LogP contribution < -0.4 is 5.46 Å². The van der Waals surface area contributed by atoms with E-state index in [9.17, 15) is 13.2 Å². The van der Waals surface area contributed by atoms with Gasteiger partial charge in [-0.3, -0.25) is 4.98 Å². The standard InChI is InChI=1S/C13H11BF3NO2/c1-8-5-11(14(19)20)7-12(18-8)9-3-2-4-10(6-9)13(15,16)17/h2-7,19-20H,1H3. The van der Waals surface area contributed by atoms with E-state index >= 15 is 0 Å². The highest BCUT2D eigenvalue weighted by molar-refractivity contribution is 6.58. The van der Waals surface area contributed by atoms with Crippen molar-refractivity contribution in [3.63, 3.8) is 0 Å². The first-order valence-electron chi connectivity index (χ1n) is 5.80. The maximum atomic E-state index is 12.7. The topological polar surface area (TPSA) is 53.4 Å². The zero-order valence-electron chi connectivity index (χ0n) is 10.5. The third-order valence-corrected chi connectivity index (χ3v) is 2.76. The highest BCUT2D eigenvalue weighted by Gasteiger charge is 2.30. The Hall–Kier alpha value is -1.86. The normalized spacial score (nSPS) is 11.5. The highest BCUT2D eigenvalue weighted by Crippen LogP contribution is 2.31. The molecule has 1 aromatic carbocycles. The average molecular weight is 281 g/mol. The molecule has 20 heavy (non-hydrogen) atoms. The molecule has 0 spiro atoms. The number of hydrogen-bond acceptors (Lipinski definition) is 3. The number of rotatable bonds is 2. The minimum Gasteiger partial charge on any atom is -0.423 e. The predicted octanol–water partition coefficient (Wildman–Crippen LogP) is 1.76. The fraction of sp³-hybridized carbons (Fsp3) is 0.154. The van der Waals surface area contributed by atoms with E-state index in [1.165, 1.54) is 24.3 Å². The number of hydrogen-bond donors (Lipinski definition) is 2. The molecule has 0 radical (unpaired) electrons. The van der Waals surface area contributed by atoms with E-state index in [0.717, 1.165) is 12.1 Å². The zero-order valence-corrected chi connectivity index (χ0v) is 10.5. The monoisotopic (exact) mass is 281 g/mol. The molecule has 0 atom stereocenters. The van der Waals surface area contributed by atoms with Gasteiger partial charge in [0.25, 0.3) is 0 Å². The van der Waals surface area contributed by atoms with Gasteiger partial charge in [-0.25, -0.2) is 0 Å². The van der Waals surface area contributed by atoms with Gasteiger partial charge in [-0.2, -0.15) is 13.2 Å². The Bertz CT molecular complexity index is 629. The first-order chi connectivity index (χ1) is 9.27. The number of halogens is 3. The Morgan fingerprint density at radius 2 is 1.80 bits per heavy atom. The van der Waals surface area contributed by atoms with Crippen LogP contribution in [0.1, 0.15) is 11.3 Å². The summed E-state index contributed by atoms with van der Waals surface area (Å²) in [5.74, 6) is 0. The van der Waals surface area contributed by atoms with Crippen LogP contribution in [0.3, 0.4) is 0 Å². The Kier molecular flexibility index (Phi) is 3.83. The summed E-state index contributed by atoms with van der Waals surface area (Å²) in [4.78, 5) is 4.12. The summed E-state index contributed by atoms with van der Waals surface area (Å²) in [6.45, 7) is 1.63. The molecule has 0 aliphatic rings. The molecule has 104 valence electrons. The molecule has 3 nitrogen and oxygen atoms in total. The van der Waals surface area contributed by atoms with Gasteiger partial charge in [0.2, 0.25) is 0 Å². The number of aryl methyl sites for hydroxylation is 1. The van der Waals surface area contributed by atoms with Crippen molar-refractivity contribution >= 4 is 12.6 Å². The number of aromatic nitrogens is 1. The average Bonchev–Trinajstić information content (AvgIpc) is 2.37. The molecule has 0 saturated carbocycles. The Balaban J connectivity index is 2.51. The number of alkyl halides is 3. The van der Waals surface area contributed by atoms with E-state index in [4.69, 9.17) is 10.0 Å². The van der Waals surface area contributed by atoms with Gasteiger partial charge in [0.15, 0.2) is 0 Å². The second-order valence-electron chi connectivity index (χ2n) is 4.38. The molecule has 0 saturated heterocycles. The second-order valence-corrected chi connectivity index (χ2v) is 4.38. The molecule has 0 aliphatic heterocycles. The van der Waals surface area contributed by atoms with Crippen LogP contribution in [-0.2, 0) is 6.18 Å². The smallest absolute Gasteiger partial charge is 0.423 e. The molecule has 2 N–H and O–H groups in total. The Morgan fingerprint density at radius 1 is 1.10 bits per heavy atom. The van der Waals surface area contributed by atoms with Crippen molar-refractivity contribution in [2.24, 2.45) is 0 Å². The number of benzene rings is 1. The summed E-state index contributed by atoms with van der Waals surface area (Å²) >= 11 is 0. The SMILES string of the molecule is Cc1cc(B(O)O)cc(-c2cccc(C(F)(F)F)c2)n1. The molecule has 0 fully saturated rings. The van der Waals surface area contributed by atoms with E-state index in [-0.39, 0.29) is 16.7 Å². The van der Waals surface area contributed by atoms with E-state index in [2.05, 4.69) is 4.98 Å². The van der Waals surface area contributed by atoms with Crippen molar-refractivity contribution in [1.29, 1.82) is 0 Å². The predicted molar refractivity (Wildman–Crippen MR) is 69.2 cm³/mol. The summed E-state index contributed by atoms with van der Waals surface area (Å²) in [7, 11) is -1.69. The van der Waals surface area contributed by atoms with Crippen LogP contribution in [0.25, 0.3) is 11.3 Å². The molecule has 2 aromatic rings. The quantitative estimate of drug-likeness (QED) is 0.825. The highest BCUT2D eigenvalue weighted by atomic mass is 19.4. The van der Waals surface area contributed by atoms with Gasteiger partial charge in [-0.1, -0.05) is 12.1 Å². The molecular formula is C13H11BF3NO2. The van der Waals surface area contributed by atoms with E-state index in [1.54, 1.807) is 6.92 Å². The summed E-state index contributed by atoms with van der Waals surface area (Å²) < 4.78 is 38.0. The first kappa shape index (κ1) is 14.6. The maximum Gasteiger partial charge on any atom is 0.488 e. The van der Waals surface area contributed by atoms with Crippen LogP contribution in [0.5, 0.6) is 0 Å². The fourth-order valence-electron chi connectivity index (χ4n) is 1.85. The van der Waals surface area contributed by atoms with Gasteiger partial charge in [-0.15, -0.1) is 0 Å². The lowest BCUT2D eigenvalue weighted by atomic mass is 9.79. The second kappa shape index (κ2) is 5.26. The fourth-order valence-corrected chi connectivity index (χ4v) is 1.85. The lowest BCUT2D eigenvalue weighted by Gasteiger charge is -2.10. The van der Waals surface area contributed by atoms with Crippen molar-refractivity contribution < 1.29 is 23.2 Å². The van der Waals surface area contributed by atoms with Crippen molar-refractivity contribution in [3.8, 4) is 11.3 Å². The third-order valence-electron chi connectivity index (χ3n) is 2.76.